The molecule has 0 fully saturated rings. The molecule has 0 aliphatic carbocycles. The van der Waals surface area contributed by atoms with Crippen LogP contribution in [-0.2, 0) is 0 Å². The van der Waals surface area contributed by atoms with E-state index in [1.54, 1.807) is 30.3 Å². The van der Waals surface area contributed by atoms with E-state index >= 15 is 0 Å². The number of fused-ring (bicyclic) bond motifs is 1. The third-order valence-corrected chi connectivity index (χ3v) is 4.65. The van der Waals surface area contributed by atoms with Crippen molar-refractivity contribution in [1.29, 1.82) is 0 Å². The summed E-state index contributed by atoms with van der Waals surface area (Å²) < 4.78 is 0. The van der Waals surface area contributed by atoms with Crippen molar-refractivity contribution in [3.63, 3.8) is 0 Å². The molecule has 1 heterocycles. The topological polar surface area (TPSA) is 85.4 Å². The quantitative estimate of drug-likeness (QED) is 0.472. The molecule has 0 unspecified atom stereocenters. The zero-order valence-corrected chi connectivity index (χ0v) is 16.4. The lowest BCUT2D eigenvalue weighted by Crippen LogP contribution is -2.27. The Labute approximate surface area is 172 Å². The minimum absolute atomic E-state index is 0.104. The lowest BCUT2D eigenvalue weighted by molar-refractivity contribution is 0.0691. The third kappa shape index (κ3) is 4.58. The maximum Gasteiger partial charge on any atom is 0.352 e. The zero-order chi connectivity index (χ0) is 20.1. The van der Waals surface area contributed by atoms with Gasteiger partial charge in [0.15, 0.2) is 0 Å². The summed E-state index contributed by atoms with van der Waals surface area (Å²) in [5, 5.41) is 12.6. The number of nitrogens with one attached hydrogen (secondary N) is 2. The highest BCUT2D eigenvalue weighted by Gasteiger charge is 2.11. The van der Waals surface area contributed by atoms with Crippen molar-refractivity contribution in [1.82, 2.24) is 4.98 Å². The van der Waals surface area contributed by atoms with Crippen LogP contribution in [0.2, 0.25) is 0 Å². The average molecular weight is 420 g/mol. The average Bonchev–Trinajstić information content (AvgIpc) is 3.12. The molecule has 0 saturated carbocycles. The summed E-state index contributed by atoms with van der Waals surface area (Å²) in [4.78, 5) is 28.4. The molecule has 3 aromatic rings. The maximum absolute atomic E-state index is 12.5. The van der Waals surface area contributed by atoms with E-state index < -0.39 is 5.97 Å². The van der Waals surface area contributed by atoms with Crippen LogP contribution in [0.5, 0.6) is 0 Å². The molecule has 3 N–H and O–H groups in total. The van der Waals surface area contributed by atoms with Crippen LogP contribution in [0, 0.1) is 0 Å². The third-order valence-electron chi connectivity index (χ3n) is 4.31. The Hall–Kier alpha value is -2.70. The molecule has 0 aliphatic rings. The SMILES string of the molecule is O=C(Nc1ccc2[nH]c(C(=O)O)cc2c1)c1ccc(N(CCCl)CCCl)cc1. The fourth-order valence-corrected chi connectivity index (χ4v) is 3.33. The number of benzene rings is 2. The van der Waals surface area contributed by atoms with Crippen molar-refractivity contribution in [3.8, 4) is 0 Å². The number of hydrogen-bond donors (Lipinski definition) is 3. The van der Waals surface area contributed by atoms with Gasteiger partial charge < -0.3 is 20.3 Å². The van der Waals surface area contributed by atoms with Gasteiger partial charge in [-0.15, -0.1) is 23.2 Å². The second-order valence-electron chi connectivity index (χ2n) is 6.16. The van der Waals surface area contributed by atoms with Gasteiger partial charge in [0.1, 0.15) is 5.69 Å². The number of carbonyl (C=O) groups excluding carboxylic acids is 1. The minimum atomic E-state index is -1.03. The van der Waals surface area contributed by atoms with E-state index in [1.165, 1.54) is 6.07 Å². The van der Waals surface area contributed by atoms with Gasteiger partial charge in [0.25, 0.3) is 5.91 Å². The molecular formula is C20H19Cl2N3O3. The van der Waals surface area contributed by atoms with Crippen LogP contribution in [-0.4, -0.2) is 46.8 Å². The molecule has 0 bridgehead atoms. The number of amides is 1. The van der Waals surface area contributed by atoms with E-state index in [0.717, 1.165) is 5.69 Å². The first-order valence-corrected chi connectivity index (χ1v) is 9.73. The molecule has 0 radical (unpaired) electrons. The molecule has 1 amide bonds. The molecule has 8 heteroatoms. The van der Waals surface area contributed by atoms with Crippen LogP contribution in [0.15, 0.2) is 48.5 Å². The molecule has 2 aromatic carbocycles. The normalized spacial score (nSPS) is 10.8. The Kier molecular flexibility index (Phi) is 6.44. The molecule has 3 rings (SSSR count). The second-order valence-corrected chi connectivity index (χ2v) is 6.91. The summed E-state index contributed by atoms with van der Waals surface area (Å²) in [5.74, 6) is -0.297. The van der Waals surface area contributed by atoms with Gasteiger partial charge in [0.05, 0.1) is 0 Å². The molecule has 6 nitrogen and oxygen atoms in total. The summed E-state index contributed by atoms with van der Waals surface area (Å²) in [7, 11) is 0. The summed E-state index contributed by atoms with van der Waals surface area (Å²) in [6.45, 7) is 1.35. The first kappa shape index (κ1) is 20.0. The number of carbonyl (C=O) groups is 2. The zero-order valence-electron chi connectivity index (χ0n) is 14.9. The van der Waals surface area contributed by atoms with Crippen molar-refractivity contribution in [2.45, 2.75) is 0 Å². The van der Waals surface area contributed by atoms with Gasteiger partial charge in [-0.05, 0) is 48.5 Å². The number of anilines is 2. The highest BCUT2D eigenvalue weighted by Crippen LogP contribution is 2.21. The van der Waals surface area contributed by atoms with Gasteiger partial charge in [0.2, 0.25) is 0 Å². The summed E-state index contributed by atoms with van der Waals surface area (Å²) >= 11 is 11.7. The Bertz CT molecular complexity index is 980. The highest BCUT2D eigenvalue weighted by atomic mass is 35.5. The fraction of sp³-hybridized carbons (Fsp3) is 0.200. The molecule has 0 atom stereocenters. The maximum atomic E-state index is 12.5. The lowest BCUT2D eigenvalue weighted by Gasteiger charge is -2.22. The van der Waals surface area contributed by atoms with Crippen LogP contribution in [0.25, 0.3) is 10.9 Å². The smallest absolute Gasteiger partial charge is 0.352 e. The number of carboxylic acids is 1. The Balaban J connectivity index is 1.73. The van der Waals surface area contributed by atoms with E-state index in [-0.39, 0.29) is 11.6 Å². The fourth-order valence-electron chi connectivity index (χ4n) is 2.93. The number of halogens is 2. The van der Waals surface area contributed by atoms with Crippen LogP contribution in [0.1, 0.15) is 20.8 Å². The number of carboxylic acid groups (broad SMARTS) is 1. The van der Waals surface area contributed by atoms with Crippen molar-refractivity contribution >= 4 is 57.4 Å². The van der Waals surface area contributed by atoms with Gasteiger partial charge in [-0.2, -0.15) is 0 Å². The predicted molar refractivity (Wildman–Crippen MR) is 113 cm³/mol. The molecule has 28 heavy (non-hydrogen) atoms. The van der Waals surface area contributed by atoms with Gasteiger partial charge in [-0.1, -0.05) is 0 Å². The van der Waals surface area contributed by atoms with Gasteiger partial charge in [0, 0.05) is 52.7 Å². The lowest BCUT2D eigenvalue weighted by atomic mass is 10.1. The Morgan fingerprint density at radius 3 is 2.29 bits per heavy atom. The largest absolute Gasteiger partial charge is 0.477 e. The number of rotatable bonds is 8. The van der Waals surface area contributed by atoms with Crippen molar-refractivity contribution in [3.05, 3.63) is 59.8 Å². The number of aromatic nitrogens is 1. The molecule has 0 spiro atoms. The van der Waals surface area contributed by atoms with E-state index in [4.69, 9.17) is 28.3 Å². The molecule has 1 aromatic heterocycles. The molecule has 0 saturated heterocycles. The van der Waals surface area contributed by atoms with E-state index in [0.29, 0.717) is 47.0 Å². The number of H-pyrrole nitrogens is 1. The van der Waals surface area contributed by atoms with E-state index in [2.05, 4.69) is 15.2 Å². The first-order valence-electron chi connectivity index (χ1n) is 8.66. The van der Waals surface area contributed by atoms with E-state index in [9.17, 15) is 9.59 Å². The van der Waals surface area contributed by atoms with Crippen molar-refractivity contribution in [2.24, 2.45) is 0 Å². The number of alkyl halides is 2. The van der Waals surface area contributed by atoms with Crippen LogP contribution >= 0.6 is 23.2 Å². The second kappa shape index (κ2) is 8.99. The summed E-state index contributed by atoms with van der Waals surface area (Å²) in [6.07, 6.45) is 0. The standard InChI is InChI=1S/C20H19Cl2N3O3/c21-7-9-25(10-8-22)16-4-1-13(2-5-16)19(26)23-15-3-6-17-14(11-15)12-18(24-17)20(27)28/h1-6,11-12,24H,7-10H2,(H,23,26)(H,27,28). The Morgan fingerprint density at radius 1 is 1.00 bits per heavy atom. The minimum Gasteiger partial charge on any atom is -0.477 e. The first-order chi connectivity index (χ1) is 13.5. The molecular weight excluding hydrogens is 401 g/mol. The van der Waals surface area contributed by atoms with Crippen molar-refractivity contribution in [2.75, 3.05) is 35.1 Å². The number of nitrogens with zero attached hydrogens (tertiary/aromatic N) is 1. The van der Waals surface area contributed by atoms with Gasteiger partial charge in [-0.3, -0.25) is 4.79 Å². The van der Waals surface area contributed by atoms with Crippen molar-refractivity contribution < 1.29 is 14.7 Å². The van der Waals surface area contributed by atoms with Gasteiger partial charge >= 0.3 is 5.97 Å². The highest BCUT2D eigenvalue weighted by molar-refractivity contribution is 6.18. The predicted octanol–water partition coefficient (Wildman–Crippen LogP) is 4.40. The molecule has 0 aliphatic heterocycles. The van der Waals surface area contributed by atoms with E-state index in [1.807, 2.05) is 12.1 Å². The van der Waals surface area contributed by atoms with Crippen LogP contribution in [0.3, 0.4) is 0 Å². The van der Waals surface area contributed by atoms with Gasteiger partial charge in [-0.25, -0.2) is 4.79 Å². The van der Waals surface area contributed by atoms with Crippen LogP contribution in [0.4, 0.5) is 11.4 Å². The van der Waals surface area contributed by atoms with Crippen LogP contribution < -0.4 is 10.2 Å². The monoisotopic (exact) mass is 419 g/mol. The number of hydrogen-bond acceptors (Lipinski definition) is 3. The Morgan fingerprint density at radius 2 is 1.68 bits per heavy atom. The number of aromatic amines is 1. The summed E-state index contributed by atoms with van der Waals surface area (Å²) in [5.41, 5.74) is 2.85. The summed E-state index contributed by atoms with van der Waals surface area (Å²) in [6, 6.07) is 13.9. The number of aromatic carboxylic acids is 1. The molecule has 146 valence electrons.